The van der Waals surface area contributed by atoms with E-state index in [1.165, 1.54) is 25.2 Å². The van der Waals surface area contributed by atoms with Gasteiger partial charge in [-0.15, -0.1) is 0 Å². The van der Waals surface area contributed by atoms with E-state index in [0.717, 1.165) is 28.1 Å². The summed E-state index contributed by atoms with van der Waals surface area (Å²) in [6, 6.07) is 11.4. The molecule has 0 aromatic heterocycles. The first-order valence-electron chi connectivity index (χ1n) is 11.8. The summed E-state index contributed by atoms with van der Waals surface area (Å²) in [5, 5.41) is 2.91. The Hall–Kier alpha value is -3.27. The fourth-order valence-corrected chi connectivity index (χ4v) is 4.38. The zero-order valence-electron chi connectivity index (χ0n) is 22.1. The number of methoxy groups -OCH3 is 2. The van der Waals surface area contributed by atoms with Gasteiger partial charge in [0.2, 0.25) is 21.8 Å². The Morgan fingerprint density at radius 1 is 1.03 bits per heavy atom. The van der Waals surface area contributed by atoms with Gasteiger partial charge in [-0.2, -0.15) is 0 Å². The number of hydrogen-bond donors (Lipinski definition) is 1. The Labute approximate surface area is 214 Å². The lowest BCUT2D eigenvalue weighted by molar-refractivity contribution is -0.139. The maximum Gasteiger partial charge on any atom is 0.244 e. The molecule has 0 saturated heterocycles. The van der Waals surface area contributed by atoms with Gasteiger partial charge in [0.1, 0.15) is 24.1 Å². The predicted octanol–water partition coefficient (Wildman–Crippen LogP) is 3.11. The van der Waals surface area contributed by atoms with Crippen molar-refractivity contribution in [3.63, 3.8) is 0 Å². The van der Waals surface area contributed by atoms with Crippen LogP contribution in [0.4, 0.5) is 5.69 Å². The molecule has 0 bridgehead atoms. The fraction of sp³-hybridized carbons (Fsp3) is 0.462. The Kier molecular flexibility index (Phi) is 10.2. The van der Waals surface area contributed by atoms with Gasteiger partial charge < -0.3 is 19.7 Å². The molecule has 2 aromatic rings. The lowest BCUT2D eigenvalue weighted by atomic mass is 10.1. The highest BCUT2D eigenvalue weighted by molar-refractivity contribution is 7.92. The Bertz CT molecular complexity index is 1150. The standard InChI is InChI=1S/C26H37N3O6S/c1-8-19(3)27-26(31)20(4)28(16-21-11-9-18(2)10-12-21)25(30)17-29(36(7,32)33)23-14-13-22(34-5)15-24(23)35-6/h9-15,19-20H,8,16-17H2,1-7H3,(H,27,31)/t19-,20-/m0/s1. The first kappa shape index (κ1) is 29.0. The molecule has 0 spiro atoms. The van der Waals surface area contributed by atoms with Crippen LogP contribution >= 0.6 is 0 Å². The summed E-state index contributed by atoms with van der Waals surface area (Å²) >= 11 is 0. The van der Waals surface area contributed by atoms with Crippen LogP contribution in [0.5, 0.6) is 11.5 Å². The number of nitrogens with one attached hydrogen (secondary N) is 1. The molecule has 10 heteroatoms. The van der Waals surface area contributed by atoms with Crippen molar-refractivity contribution in [2.24, 2.45) is 0 Å². The van der Waals surface area contributed by atoms with E-state index in [1.807, 2.05) is 45.0 Å². The number of aryl methyl sites for hydroxylation is 1. The summed E-state index contributed by atoms with van der Waals surface area (Å²) in [5.41, 5.74) is 2.08. The third-order valence-electron chi connectivity index (χ3n) is 5.98. The number of benzene rings is 2. The van der Waals surface area contributed by atoms with Crippen molar-refractivity contribution in [3.8, 4) is 11.5 Å². The summed E-state index contributed by atoms with van der Waals surface area (Å²) in [4.78, 5) is 28.0. The molecule has 2 aromatic carbocycles. The predicted molar refractivity (Wildman–Crippen MR) is 141 cm³/mol. The van der Waals surface area contributed by atoms with Gasteiger partial charge in [-0.05, 0) is 44.9 Å². The third-order valence-corrected chi connectivity index (χ3v) is 7.10. The zero-order valence-corrected chi connectivity index (χ0v) is 22.9. The number of carbonyl (C=O) groups is 2. The number of carbonyl (C=O) groups excluding carboxylic acids is 2. The SMILES string of the molecule is CC[C@H](C)NC(=O)[C@H](C)N(Cc1ccc(C)cc1)C(=O)CN(c1ccc(OC)cc1OC)S(C)(=O)=O. The fourth-order valence-electron chi connectivity index (χ4n) is 3.52. The summed E-state index contributed by atoms with van der Waals surface area (Å²) in [5.74, 6) is -0.115. The van der Waals surface area contributed by atoms with Gasteiger partial charge in [0.05, 0.1) is 26.2 Å². The molecule has 0 radical (unpaired) electrons. The maximum atomic E-state index is 13.6. The normalized spacial score (nSPS) is 12.9. The zero-order chi connectivity index (χ0) is 27.0. The van der Waals surface area contributed by atoms with Crippen molar-refractivity contribution in [1.82, 2.24) is 10.2 Å². The van der Waals surface area contributed by atoms with E-state index in [4.69, 9.17) is 9.47 Å². The molecule has 0 fully saturated rings. The molecule has 0 aliphatic rings. The number of amides is 2. The van der Waals surface area contributed by atoms with E-state index >= 15 is 0 Å². The van der Waals surface area contributed by atoms with Gasteiger partial charge in [0.15, 0.2) is 0 Å². The van der Waals surface area contributed by atoms with E-state index in [2.05, 4.69) is 5.32 Å². The van der Waals surface area contributed by atoms with Crippen LogP contribution < -0.4 is 19.1 Å². The minimum absolute atomic E-state index is 0.0626. The molecule has 36 heavy (non-hydrogen) atoms. The second-order valence-corrected chi connectivity index (χ2v) is 10.7. The highest BCUT2D eigenvalue weighted by Gasteiger charge is 2.31. The summed E-state index contributed by atoms with van der Waals surface area (Å²) < 4.78 is 37.1. The van der Waals surface area contributed by atoms with Crippen LogP contribution in [0.25, 0.3) is 0 Å². The van der Waals surface area contributed by atoms with Crippen LogP contribution in [-0.2, 0) is 26.2 Å². The number of hydrogen-bond acceptors (Lipinski definition) is 6. The molecular weight excluding hydrogens is 482 g/mol. The molecular formula is C26H37N3O6S. The average molecular weight is 520 g/mol. The molecule has 0 saturated carbocycles. The smallest absolute Gasteiger partial charge is 0.244 e. The van der Waals surface area contributed by atoms with Crippen molar-refractivity contribution in [2.75, 3.05) is 31.3 Å². The maximum absolute atomic E-state index is 13.6. The van der Waals surface area contributed by atoms with Gasteiger partial charge in [-0.1, -0.05) is 36.8 Å². The molecule has 198 valence electrons. The van der Waals surface area contributed by atoms with Crippen LogP contribution in [-0.4, -0.2) is 64.2 Å². The first-order chi connectivity index (χ1) is 16.9. The summed E-state index contributed by atoms with van der Waals surface area (Å²) in [6.07, 6.45) is 1.76. The molecule has 2 rings (SSSR count). The van der Waals surface area contributed by atoms with Crippen LogP contribution in [0.2, 0.25) is 0 Å². The lowest BCUT2D eigenvalue weighted by Gasteiger charge is -2.32. The molecule has 0 unspecified atom stereocenters. The highest BCUT2D eigenvalue weighted by Crippen LogP contribution is 2.33. The second-order valence-electron chi connectivity index (χ2n) is 8.81. The molecule has 2 atom stereocenters. The monoisotopic (exact) mass is 519 g/mol. The Morgan fingerprint density at radius 3 is 2.19 bits per heavy atom. The number of ether oxygens (including phenoxy) is 2. The van der Waals surface area contributed by atoms with E-state index in [-0.39, 0.29) is 29.9 Å². The van der Waals surface area contributed by atoms with Crippen LogP contribution in [0.15, 0.2) is 42.5 Å². The van der Waals surface area contributed by atoms with E-state index in [1.54, 1.807) is 19.1 Å². The minimum Gasteiger partial charge on any atom is -0.497 e. The van der Waals surface area contributed by atoms with Gasteiger partial charge in [0.25, 0.3) is 0 Å². The van der Waals surface area contributed by atoms with Crippen molar-refractivity contribution in [3.05, 3.63) is 53.6 Å². The summed E-state index contributed by atoms with van der Waals surface area (Å²) in [7, 11) is -0.986. The highest BCUT2D eigenvalue weighted by atomic mass is 32.2. The van der Waals surface area contributed by atoms with Gasteiger partial charge in [-0.25, -0.2) is 8.42 Å². The molecule has 1 N–H and O–H groups in total. The number of anilines is 1. The van der Waals surface area contributed by atoms with Gasteiger partial charge in [0, 0.05) is 18.7 Å². The molecule has 2 amide bonds. The van der Waals surface area contributed by atoms with Crippen LogP contribution in [0.1, 0.15) is 38.3 Å². The Morgan fingerprint density at radius 2 is 1.67 bits per heavy atom. The quantitative estimate of drug-likeness (QED) is 0.462. The molecule has 9 nitrogen and oxygen atoms in total. The van der Waals surface area contributed by atoms with Crippen molar-refractivity contribution < 1.29 is 27.5 Å². The first-order valence-corrected chi connectivity index (χ1v) is 13.6. The largest absolute Gasteiger partial charge is 0.497 e. The van der Waals surface area contributed by atoms with E-state index in [9.17, 15) is 18.0 Å². The number of rotatable bonds is 12. The summed E-state index contributed by atoms with van der Waals surface area (Å²) in [6.45, 7) is 7.08. The number of sulfonamides is 1. The van der Waals surface area contributed by atoms with Crippen molar-refractivity contribution in [1.29, 1.82) is 0 Å². The lowest BCUT2D eigenvalue weighted by Crippen LogP contribution is -2.52. The van der Waals surface area contributed by atoms with Crippen LogP contribution in [0.3, 0.4) is 0 Å². The van der Waals surface area contributed by atoms with Crippen LogP contribution in [0, 0.1) is 6.92 Å². The van der Waals surface area contributed by atoms with E-state index < -0.39 is 28.5 Å². The van der Waals surface area contributed by atoms with Gasteiger partial charge in [-0.3, -0.25) is 13.9 Å². The van der Waals surface area contributed by atoms with Crippen molar-refractivity contribution in [2.45, 2.75) is 52.7 Å². The van der Waals surface area contributed by atoms with Gasteiger partial charge >= 0.3 is 0 Å². The molecule has 0 aliphatic heterocycles. The van der Waals surface area contributed by atoms with E-state index in [0.29, 0.717) is 5.75 Å². The minimum atomic E-state index is -3.88. The molecule has 0 heterocycles. The number of nitrogens with zero attached hydrogens (tertiary/aromatic N) is 2. The average Bonchev–Trinajstić information content (AvgIpc) is 2.85. The third kappa shape index (κ3) is 7.61. The topological polar surface area (TPSA) is 105 Å². The second kappa shape index (κ2) is 12.6. The van der Waals surface area contributed by atoms with Crippen molar-refractivity contribution >= 4 is 27.5 Å². The molecule has 0 aliphatic carbocycles. The Balaban J connectivity index is 2.45.